The van der Waals surface area contributed by atoms with Gasteiger partial charge in [0, 0.05) is 23.9 Å². The molecule has 1 aliphatic rings. The summed E-state index contributed by atoms with van der Waals surface area (Å²) in [5, 5.41) is 0.341. The van der Waals surface area contributed by atoms with Gasteiger partial charge in [0.05, 0.1) is 12.2 Å². The normalized spacial score (nSPS) is 17.7. The van der Waals surface area contributed by atoms with Crippen molar-refractivity contribution in [3.05, 3.63) is 47.5 Å². The maximum Gasteiger partial charge on any atom is 0.414 e. The number of carbonyl (C=O) groups excluding carboxylic acids is 1. The molecule has 0 spiro atoms. The Balaban J connectivity index is 1.89. The molecule has 1 saturated heterocycles. The first-order chi connectivity index (χ1) is 10.6. The van der Waals surface area contributed by atoms with E-state index in [2.05, 4.69) is 4.98 Å². The van der Waals surface area contributed by atoms with E-state index < -0.39 is 11.9 Å². The summed E-state index contributed by atoms with van der Waals surface area (Å²) in [6.45, 7) is 0.551. The van der Waals surface area contributed by atoms with Gasteiger partial charge in [-0.2, -0.15) is 0 Å². The topological polar surface area (TPSA) is 68.5 Å². The quantitative estimate of drug-likeness (QED) is 0.883. The van der Waals surface area contributed by atoms with Crippen LogP contribution in [-0.2, 0) is 4.74 Å². The van der Waals surface area contributed by atoms with E-state index >= 15 is 0 Å². The van der Waals surface area contributed by atoms with E-state index in [1.807, 2.05) is 0 Å². The molecule has 2 aromatic rings. The molecule has 114 valence electrons. The van der Waals surface area contributed by atoms with Crippen LogP contribution in [0.25, 0.3) is 11.1 Å². The number of cyclic esters (lactones) is 1. The predicted molar refractivity (Wildman–Crippen MR) is 81.3 cm³/mol. The highest BCUT2D eigenvalue weighted by Crippen LogP contribution is 2.29. The highest BCUT2D eigenvalue weighted by Gasteiger charge is 2.31. The Morgan fingerprint density at radius 1 is 1.41 bits per heavy atom. The van der Waals surface area contributed by atoms with Gasteiger partial charge in [0.15, 0.2) is 0 Å². The van der Waals surface area contributed by atoms with Gasteiger partial charge in [-0.25, -0.2) is 14.2 Å². The van der Waals surface area contributed by atoms with Crippen LogP contribution in [0.3, 0.4) is 0 Å². The number of hydrogen-bond acceptors (Lipinski definition) is 4. The standard InChI is InChI=1S/C15H13ClFN3O2/c16-14-4-1-9(7-19-14)12-3-2-10(5-13(12)17)20-8-11(6-18)22-15(20)21/h1-5,7,11H,6,8,18H2. The largest absolute Gasteiger partial charge is 0.443 e. The van der Waals surface area contributed by atoms with Gasteiger partial charge in [-0.15, -0.1) is 0 Å². The second-order valence-corrected chi connectivity index (χ2v) is 5.27. The molecular weight excluding hydrogens is 309 g/mol. The van der Waals surface area contributed by atoms with Crippen molar-refractivity contribution < 1.29 is 13.9 Å². The molecule has 0 bridgehead atoms. The predicted octanol–water partition coefficient (Wildman–Crippen LogP) is 2.83. The lowest BCUT2D eigenvalue weighted by atomic mass is 10.1. The molecule has 5 nitrogen and oxygen atoms in total. The Kier molecular flexibility index (Phi) is 3.96. The molecule has 3 rings (SSSR count). The summed E-state index contributed by atoms with van der Waals surface area (Å²) in [7, 11) is 0. The fraction of sp³-hybridized carbons (Fsp3) is 0.200. The van der Waals surface area contributed by atoms with Crippen LogP contribution >= 0.6 is 11.6 Å². The first kappa shape index (κ1) is 14.7. The Hall–Kier alpha value is -2.18. The van der Waals surface area contributed by atoms with Crippen molar-refractivity contribution in [1.29, 1.82) is 0 Å². The lowest BCUT2D eigenvalue weighted by Gasteiger charge is -2.14. The number of halogens is 2. The highest BCUT2D eigenvalue weighted by atomic mass is 35.5. The highest BCUT2D eigenvalue weighted by molar-refractivity contribution is 6.29. The molecule has 1 fully saturated rings. The fourth-order valence-corrected chi connectivity index (χ4v) is 2.41. The van der Waals surface area contributed by atoms with Gasteiger partial charge >= 0.3 is 6.09 Å². The average molecular weight is 322 g/mol. The zero-order chi connectivity index (χ0) is 15.7. The van der Waals surface area contributed by atoms with Crippen molar-refractivity contribution in [2.45, 2.75) is 6.10 Å². The van der Waals surface area contributed by atoms with Crippen LogP contribution in [0.2, 0.25) is 5.15 Å². The molecule has 1 amide bonds. The molecule has 2 N–H and O–H groups in total. The lowest BCUT2D eigenvalue weighted by Crippen LogP contribution is -2.27. The number of carbonyl (C=O) groups is 1. The van der Waals surface area contributed by atoms with E-state index in [1.165, 1.54) is 17.2 Å². The number of amides is 1. The molecule has 1 aliphatic heterocycles. The van der Waals surface area contributed by atoms with E-state index in [0.29, 0.717) is 28.5 Å². The van der Waals surface area contributed by atoms with Crippen LogP contribution in [-0.4, -0.2) is 30.3 Å². The number of benzene rings is 1. The summed E-state index contributed by atoms with van der Waals surface area (Å²) in [5.41, 5.74) is 6.91. The third kappa shape index (κ3) is 2.75. The SMILES string of the molecule is NCC1CN(c2ccc(-c3ccc(Cl)nc3)c(F)c2)C(=O)O1. The van der Waals surface area contributed by atoms with E-state index in [1.54, 1.807) is 24.3 Å². The molecular formula is C15H13ClFN3O2. The third-order valence-corrected chi connectivity index (χ3v) is 3.66. The van der Waals surface area contributed by atoms with Crippen LogP contribution in [0, 0.1) is 5.82 Å². The average Bonchev–Trinajstić information content (AvgIpc) is 2.89. The maximum atomic E-state index is 14.3. The van der Waals surface area contributed by atoms with Gasteiger partial charge < -0.3 is 10.5 Å². The Morgan fingerprint density at radius 3 is 2.82 bits per heavy atom. The van der Waals surface area contributed by atoms with Crippen LogP contribution in [0.4, 0.5) is 14.9 Å². The van der Waals surface area contributed by atoms with Gasteiger partial charge in [0.1, 0.15) is 17.1 Å². The molecule has 1 aromatic carbocycles. The van der Waals surface area contributed by atoms with E-state index in [4.69, 9.17) is 22.1 Å². The minimum Gasteiger partial charge on any atom is -0.443 e. The lowest BCUT2D eigenvalue weighted by molar-refractivity contribution is 0.145. The minimum atomic E-state index is -0.518. The van der Waals surface area contributed by atoms with Crippen LogP contribution < -0.4 is 10.6 Å². The molecule has 0 saturated carbocycles. The van der Waals surface area contributed by atoms with E-state index in [-0.39, 0.29) is 12.6 Å². The van der Waals surface area contributed by atoms with Gasteiger partial charge in [-0.1, -0.05) is 11.6 Å². The second-order valence-electron chi connectivity index (χ2n) is 4.89. The molecule has 1 aromatic heterocycles. The number of nitrogens with two attached hydrogens (primary N) is 1. The molecule has 1 atom stereocenters. The summed E-state index contributed by atoms with van der Waals surface area (Å²) in [5.74, 6) is -0.453. The smallest absolute Gasteiger partial charge is 0.414 e. The Labute approximate surface area is 131 Å². The van der Waals surface area contributed by atoms with E-state index in [0.717, 1.165) is 0 Å². The molecule has 0 aliphatic carbocycles. The Morgan fingerprint density at radius 2 is 2.23 bits per heavy atom. The number of aromatic nitrogens is 1. The summed E-state index contributed by atoms with van der Waals surface area (Å²) >= 11 is 5.72. The fourth-order valence-electron chi connectivity index (χ4n) is 2.30. The first-order valence-electron chi connectivity index (χ1n) is 6.68. The van der Waals surface area contributed by atoms with Crippen molar-refractivity contribution in [3.8, 4) is 11.1 Å². The van der Waals surface area contributed by atoms with Crippen LogP contribution in [0.5, 0.6) is 0 Å². The molecule has 1 unspecified atom stereocenters. The molecule has 7 heteroatoms. The Bertz CT molecular complexity index is 708. The number of pyridine rings is 1. The van der Waals surface area contributed by atoms with Gasteiger partial charge in [0.25, 0.3) is 0 Å². The van der Waals surface area contributed by atoms with Crippen molar-refractivity contribution in [2.24, 2.45) is 5.73 Å². The summed E-state index contributed by atoms with van der Waals surface area (Å²) in [4.78, 5) is 17.0. The van der Waals surface area contributed by atoms with Gasteiger partial charge in [-0.3, -0.25) is 4.90 Å². The monoisotopic (exact) mass is 321 g/mol. The summed E-state index contributed by atoms with van der Waals surface area (Å²) in [6, 6.07) is 7.83. The number of rotatable bonds is 3. The molecule has 22 heavy (non-hydrogen) atoms. The molecule has 2 heterocycles. The van der Waals surface area contributed by atoms with Crippen molar-refractivity contribution in [1.82, 2.24) is 4.98 Å². The van der Waals surface area contributed by atoms with Crippen molar-refractivity contribution >= 4 is 23.4 Å². The number of anilines is 1. The van der Waals surface area contributed by atoms with Crippen LogP contribution in [0.15, 0.2) is 36.5 Å². The number of nitrogens with zero attached hydrogens (tertiary/aromatic N) is 2. The zero-order valence-corrected chi connectivity index (χ0v) is 12.3. The van der Waals surface area contributed by atoms with Crippen molar-refractivity contribution in [2.75, 3.05) is 18.0 Å². The van der Waals surface area contributed by atoms with Crippen molar-refractivity contribution in [3.63, 3.8) is 0 Å². The maximum absolute atomic E-state index is 14.3. The number of ether oxygens (including phenoxy) is 1. The minimum absolute atomic E-state index is 0.235. The van der Waals surface area contributed by atoms with E-state index in [9.17, 15) is 9.18 Å². The summed E-state index contributed by atoms with van der Waals surface area (Å²) < 4.78 is 19.4. The number of hydrogen-bond donors (Lipinski definition) is 1. The van der Waals surface area contributed by atoms with Crippen LogP contribution in [0.1, 0.15) is 0 Å². The van der Waals surface area contributed by atoms with Gasteiger partial charge in [-0.05, 0) is 30.3 Å². The summed E-state index contributed by atoms with van der Waals surface area (Å²) in [6.07, 6.45) is 0.612. The first-order valence-corrected chi connectivity index (χ1v) is 7.06. The molecule has 0 radical (unpaired) electrons. The zero-order valence-electron chi connectivity index (χ0n) is 11.5. The third-order valence-electron chi connectivity index (χ3n) is 3.44. The second kappa shape index (κ2) is 5.90. The van der Waals surface area contributed by atoms with Gasteiger partial charge in [0.2, 0.25) is 0 Å².